The van der Waals surface area contributed by atoms with Gasteiger partial charge in [0.15, 0.2) is 0 Å². The van der Waals surface area contributed by atoms with Crippen LogP contribution in [0.15, 0.2) is 18.2 Å². The van der Waals surface area contributed by atoms with Crippen LogP contribution in [-0.4, -0.2) is 38.9 Å². The lowest BCUT2D eigenvalue weighted by molar-refractivity contribution is -0.137. The summed E-state index contributed by atoms with van der Waals surface area (Å²) in [7, 11) is 0. The van der Waals surface area contributed by atoms with Crippen LogP contribution in [0.2, 0.25) is 0 Å². The zero-order valence-electron chi connectivity index (χ0n) is 9.51. The largest absolute Gasteiger partial charge is 0.481 e. The van der Waals surface area contributed by atoms with Crippen molar-refractivity contribution in [3.8, 4) is 0 Å². The van der Waals surface area contributed by atoms with Crippen LogP contribution in [0.4, 0.5) is 0 Å². The van der Waals surface area contributed by atoms with E-state index in [1.54, 1.807) is 18.2 Å². The second kappa shape index (κ2) is 5.26. The maximum absolute atomic E-state index is 11.7. The minimum atomic E-state index is -0.867. The van der Waals surface area contributed by atoms with Crippen LogP contribution in [0.3, 0.4) is 0 Å². The lowest BCUT2D eigenvalue weighted by atomic mass is 10.2. The number of amides is 1. The second-order valence-corrected chi connectivity index (χ2v) is 3.78. The molecule has 0 saturated carbocycles. The summed E-state index contributed by atoms with van der Waals surface area (Å²) in [6.07, 6.45) is 0.454. The molecule has 7 nitrogen and oxygen atoms in total. The van der Waals surface area contributed by atoms with Crippen LogP contribution in [0, 0.1) is 0 Å². The molecule has 2 rings (SSSR count). The Bertz CT molecular complexity index is 578. The Labute approximate surface area is 102 Å². The van der Waals surface area contributed by atoms with E-state index in [1.165, 1.54) is 0 Å². The number of carbonyl (C=O) groups excluding carboxylic acids is 1. The van der Waals surface area contributed by atoms with Crippen molar-refractivity contribution in [2.75, 3.05) is 6.54 Å². The number of fused-ring (bicyclic) bond motifs is 1. The highest BCUT2D eigenvalue weighted by Crippen LogP contribution is 2.10. The first kappa shape index (κ1) is 12.0. The molecule has 2 aromatic rings. The van der Waals surface area contributed by atoms with Crippen molar-refractivity contribution in [3.05, 3.63) is 23.8 Å². The van der Waals surface area contributed by atoms with Gasteiger partial charge in [0.2, 0.25) is 0 Å². The number of carboxylic acid groups (broad SMARTS) is 1. The number of carbonyl (C=O) groups is 2. The molecule has 0 fully saturated rings. The van der Waals surface area contributed by atoms with Gasteiger partial charge in [-0.05, 0) is 24.6 Å². The zero-order chi connectivity index (χ0) is 13.0. The molecule has 0 saturated heterocycles. The van der Waals surface area contributed by atoms with Gasteiger partial charge in [0.05, 0.1) is 0 Å². The summed E-state index contributed by atoms with van der Waals surface area (Å²) in [6, 6.07) is 4.98. The normalized spacial score (nSPS) is 10.4. The number of nitrogens with one attached hydrogen (secondary N) is 2. The topological polar surface area (TPSA) is 108 Å². The standard InChI is InChI=1S/C11H12N4O3/c16-10(17)2-1-5-12-11(18)7-3-4-8-9(6-7)14-15-13-8/h3-4,6H,1-2,5H2,(H,12,18)(H,16,17)(H,13,14,15). The number of nitrogens with zero attached hydrogens (tertiary/aromatic N) is 2. The van der Waals surface area contributed by atoms with E-state index >= 15 is 0 Å². The van der Waals surface area contributed by atoms with Gasteiger partial charge in [0.25, 0.3) is 5.91 Å². The summed E-state index contributed by atoms with van der Waals surface area (Å²) < 4.78 is 0. The van der Waals surface area contributed by atoms with E-state index < -0.39 is 5.97 Å². The van der Waals surface area contributed by atoms with Gasteiger partial charge in [-0.3, -0.25) is 9.59 Å². The average molecular weight is 248 g/mol. The van der Waals surface area contributed by atoms with Crippen LogP contribution in [0.5, 0.6) is 0 Å². The predicted molar refractivity (Wildman–Crippen MR) is 63.1 cm³/mol. The second-order valence-electron chi connectivity index (χ2n) is 3.78. The SMILES string of the molecule is O=C(O)CCCNC(=O)c1ccc2n[nH]nc2c1. The van der Waals surface area contributed by atoms with E-state index in [2.05, 4.69) is 20.7 Å². The van der Waals surface area contributed by atoms with E-state index in [0.717, 1.165) is 0 Å². The molecule has 0 bridgehead atoms. The fraction of sp³-hybridized carbons (Fsp3) is 0.273. The average Bonchev–Trinajstić information content (AvgIpc) is 2.81. The first-order valence-corrected chi connectivity index (χ1v) is 5.47. The Balaban J connectivity index is 1.93. The summed E-state index contributed by atoms with van der Waals surface area (Å²) in [5, 5.41) is 21.3. The number of aliphatic carboxylic acids is 1. The molecule has 0 atom stereocenters. The monoisotopic (exact) mass is 248 g/mol. The first-order valence-electron chi connectivity index (χ1n) is 5.47. The number of hydrogen-bond donors (Lipinski definition) is 3. The molecule has 1 aromatic heterocycles. The number of carboxylic acids is 1. The molecule has 3 N–H and O–H groups in total. The lowest BCUT2D eigenvalue weighted by Crippen LogP contribution is -2.24. The minimum Gasteiger partial charge on any atom is -0.481 e. The molecule has 0 spiro atoms. The van der Waals surface area contributed by atoms with Crippen LogP contribution >= 0.6 is 0 Å². The first-order chi connectivity index (χ1) is 8.66. The molecular weight excluding hydrogens is 236 g/mol. The molecule has 0 radical (unpaired) electrons. The van der Waals surface area contributed by atoms with Crippen LogP contribution in [0.1, 0.15) is 23.2 Å². The van der Waals surface area contributed by atoms with Crippen molar-refractivity contribution in [1.82, 2.24) is 20.7 Å². The summed E-state index contributed by atoms with van der Waals surface area (Å²) in [5.74, 6) is -1.11. The maximum Gasteiger partial charge on any atom is 0.303 e. The maximum atomic E-state index is 11.7. The third-order valence-electron chi connectivity index (χ3n) is 2.43. The van der Waals surface area contributed by atoms with E-state index in [4.69, 9.17) is 5.11 Å². The van der Waals surface area contributed by atoms with Crippen molar-refractivity contribution in [2.24, 2.45) is 0 Å². The van der Waals surface area contributed by atoms with Gasteiger partial charge in [-0.1, -0.05) is 0 Å². The summed E-state index contributed by atoms with van der Waals surface area (Å²) in [4.78, 5) is 22.0. The van der Waals surface area contributed by atoms with Crippen molar-refractivity contribution in [1.29, 1.82) is 0 Å². The van der Waals surface area contributed by atoms with Crippen molar-refractivity contribution in [3.63, 3.8) is 0 Å². The summed E-state index contributed by atoms with van der Waals surface area (Å²) in [6.45, 7) is 0.335. The number of hydrogen-bond acceptors (Lipinski definition) is 4. The van der Waals surface area contributed by atoms with Crippen molar-refractivity contribution >= 4 is 22.9 Å². The molecule has 1 heterocycles. The van der Waals surface area contributed by atoms with Crippen LogP contribution in [0.25, 0.3) is 11.0 Å². The fourth-order valence-electron chi connectivity index (χ4n) is 1.53. The molecular formula is C11H12N4O3. The zero-order valence-corrected chi connectivity index (χ0v) is 9.51. The highest BCUT2D eigenvalue weighted by molar-refractivity contribution is 5.97. The van der Waals surface area contributed by atoms with Crippen molar-refractivity contribution < 1.29 is 14.7 Å². The number of rotatable bonds is 5. The van der Waals surface area contributed by atoms with Gasteiger partial charge >= 0.3 is 5.97 Å². The third kappa shape index (κ3) is 2.82. The van der Waals surface area contributed by atoms with Gasteiger partial charge in [0, 0.05) is 18.5 Å². The third-order valence-corrected chi connectivity index (χ3v) is 2.43. The molecule has 94 valence electrons. The fourth-order valence-corrected chi connectivity index (χ4v) is 1.53. The van der Waals surface area contributed by atoms with E-state index in [1.807, 2.05) is 0 Å². The van der Waals surface area contributed by atoms with E-state index in [0.29, 0.717) is 29.6 Å². The smallest absolute Gasteiger partial charge is 0.303 e. The number of H-pyrrole nitrogens is 1. The Morgan fingerprint density at radius 2 is 2.06 bits per heavy atom. The Morgan fingerprint density at radius 1 is 1.28 bits per heavy atom. The number of aromatic nitrogens is 3. The number of benzene rings is 1. The van der Waals surface area contributed by atoms with E-state index in [-0.39, 0.29) is 12.3 Å². The molecule has 1 aromatic carbocycles. The molecule has 0 unspecified atom stereocenters. The molecule has 0 aliphatic carbocycles. The van der Waals surface area contributed by atoms with Crippen molar-refractivity contribution in [2.45, 2.75) is 12.8 Å². The Kier molecular flexibility index (Phi) is 3.52. The molecule has 7 heteroatoms. The Hall–Kier alpha value is -2.44. The Morgan fingerprint density at radius 3 is 2.83 bits per heavy atom. The highest BCUT2D eigenvalue weighted by Gasteiger charge is 2.07. The summed E-state index contributed by atoms with van der Waals surface area (Å²) in [5.41, 5.74) is 1.79. The molecule has 0 aliphatic heterocycles. The van der Waals surface area contributed by atoms with Crippen LogP contribution < -0.4 is 5.32 Å². The van der Waals surface area contributed by atoms with Crippen LogP contribution in [-0.2, 0) is 4.79 Å². The highest BCUT2D eigenvalue weighted by atomic mass is 16.4. The van der Waals surface area contributed by atoms with Gasteiger partial charge in [-0.15, -0.1) is 0 Å². The number of aromatic amines is 1. The van der Waals surface area contributed by atoms with Gasteiger partial charge in [-0.2, -0.15) is 15.4 Å². The molecule has 1 amide bonds. The lowest BCUT2D eigenvalue weighted by Gasteiger charge is -2.03. The van der Waals surface area contributed by atoms with E-state index in [9.17, 15) is 9.59 Å². The quantitative estimate of drug-likeness (QED) is 0.670. The van der Waals surface area contributed by atoms with Gasteiger partial charge in [0.1, 0.15) is 11.0 Å². The van der Waals surface area contributed by atoms with Gasteiger partial charge in [-0.25, -0.2) is 0 Å². The van der Waals surface area contributed by atoms with Gasteiger partial charge < -0.3 is 10.4 Å². The molecule has 0 aliphatic rings. The predicted octanol–water partition coefficient (Wildman–Crippen LogP) is 0.552. The minimum absolute atomic E-state index is 0.0442. The molecule has 18 heavy (non-hydrogen) atoms. The summed E-state index contributed by atoms with van der Waals surface area (Å²) >= 11 is 0.